The van der Waals surface area contributed by atoms with Gasteiger partial charge in [-0.3, -0.25) is 4.79 Å². The van der Waals surface area contributed by atoms with Gasteiger partial charge >= 0.3 is 0 Å². The summed E-state index contributed by atoms with van der Waals surface area (Å²) in [5.41, 5.74) is 5.70. The summed E-state index contributed by atoms with van der Waals surface area (Å²) in [6, 6.07) is 1.77. The molecule has 0 aliphatic heterocycles. The normalized spacial score (nSPS) is 27.3. The van der Waals surface area contributed by atoms with Gasteiger partial charge in [0.15, 0.2) is 5.84 Å². The van der Waals surface area contributed by atoms with E-state index in [1.807, 2.05) is 0 Å². The highest BCUT2D eigenvalue weighted by atomic mass is 79.9. The standard InChI is InChI=1S/C13H18BrN3O2S/c1-8-2-4-13(5-3-8,12(15)17-19)16-11(18)9-6-10(14)20-7-9/h6-8,19H,2-5H2,1H3,(H2,15,17)(H,16,18). The van der Waals surface area contributed by atoms with E-state index in [1.54, 1.807) is 11.4 Å². The predicted octanol–water partition coefficient (Wildman–Crippen LogP) is 2.94. The monoisotopic (exact) mass is 359 g/mol. The van der Waals surface area contributed by atoms with Crippen molar-refractivity contribution in [2.75, 3.05) is 0 Å². The topological polar surface area (TPSA) is 87.7 Å². The van der Waals surface area contributed by atoms with Crippen LogP contribution in [0.4, 0.5) is 0 Å². The van der Waals surface area contributed by atoms with Crippen molar-refractivity contribution < 1.29 is 10.0 Å². The molecule has 1 fully saturated rings. The summed E-state index contributed by atoms with van der Waals surface area (Å²) in [7, 11) is 0. The van der Waals surface area contributed by atoms with Crippen LogP contribution in [0.1, 0.15) is 43.0 Å². The average molecular weight is 360 g/mol. The van der Waals surface area contributed by atoms with Gasteiger partial charge in [0.2, 0.25) is 0 Å². The van der Waals surface area contributed by atoms with Gasteiger partial charge in [0.1, 0.15) is 5.54 Å². The van der Waals surface area contributed by atoms with Gasteiger partial charge in [0.05, 0.1) is 9.35 Å². The van der Waals surface area contributed by atoms with Crippen molar-refractivity contribution in [2.45, 2.75) is 38.1 Å². The first-order chi connectivity index (χ1) is 9.47. The molecule has 7 heteroatoms. The van der Waals surface area contributed by atoms with Crippen molar-refractivity contribution >= 4 is 39.0 Å². The molecule has 4 N–H and O–H groups in total. The van der Waals surface area contributed by atoms with Gasteiger partial charge in [-0.1, -0.05) is 12.1 Å². The average Bonchev–Trinajstić information content (AvgIpc) is 2.87. The molecule has 2 rings (SSSR count). The summed E-state index contributed by atoms with van der Waals surface area (Å²) < 4.78 is 0.901. The van der Waals surface area contributed by atoms with Crippen LogP contribution in [0.25, 0.3) is 0 Å². The molecule has 0 bridgehead atoms. The number of hydrogen-bond donors (Lipinski definition) is 3. The number of hydrogen-bond acceptors (Lipinski definition) is 4. The quantitative estimate of drug-likeness (QED) is 0.335. The van der Waals surface area contributed by atoms with E-state index < -0.39 is 5.54 Å². The lowest BCUT2D eigenvalue weighted by atomic mass is 9.76. The molecule has 1 aliphatic carbocycles. The molecule has 5 nitrogen and oxygen atoms in total. The number of halogens is 1. The van der Waals surface area contributed by atoms with Crippen LogP contribution >= 0.6 is 27.3 Å². The lowest BCUT2D eigenvalue weighted by molar-refractivity contribution is 0.0898. The largest absolute Gasteiger partial charge is 0.409 e. The number of carbonyl (C=O) groups is 1. The van der Waals surface area contributed by atoms with Gasteiger partial charge in [0, 0.05) is 5.38 Å². The van der Waals surface area contributed by atoms with Gasteiger partial charge in [-0.05, 0) is 53.6 Å². The zero-order valence-electron chi connectivity index (χ0n) is 11.2. The van der Waals surface area contributed by atoms with Crippen LogP contribution in [0.5, 0.6) is 0 Å². The number of carbonyl (C=O) groups excluding carboxylic acids is 1. The summed E-state index contributed by atoms with van der Waals surface area (Å²) in [4.78, 5) is 12.3. The van der Waals surface area contributed by atoms with E-state index in [4.69, 9.17) is 10.9 Å². The molecule has 1 aromatic rings. The molecule has 1 aliphatic rings. The maximum Gasteiger partial charge on any atom is 0.252 e. The fourth-order valence-electron chi connectivity index (χ4n) is 2.51. The smallest absolute Gasteiger partial charge is 0.252 e. The Bertz CT molecular complexity index is 521. The summed E-state index contributed by atoms with van der Waals surface area (Å²) in [5.74, 6) is 0.502. The van der Waals surface area contributed by atoms with Crippen LogP contribution in [0.3, 0.4) is 0 Å². The van der Waals surface area contributed by atoms with Gasteiger partial charge in [-0.15, -0.1) is 11.3 Å². The van der Waals surface area contributed by atoms with E-state index >= 15 is 0 Å². The number of rotatable bonds is 3. The minimum atomic E-state index is -0.729. The second-order valence-electron chi connectivity index (χ2n) is 5.34. The van der Waals surface area contributed by atoms with Crippen molar-refractivity contribution in [3.05, 3.63) is 20.8 Å². The van der Waals surface area contributed by atoms with Crippen LogP contribution in [-0.4, -0.2) is 22.5 Å². The SMILES string of the molecule is CC1CCC(NC(=O)c2csc(Br)c2)(C(N)=NO)CC1. The van der Waals surface area contributed by atoms with Crippen LogP contribution < -0.4 is 11.1 Å². The molecule has 0 atom stereocenters. The number of thiophene rings is 1. The number of nitrogens with one attached hydrogen (secondary N) is 1. The highest BCUT2D eigenvalue weighted by Gasteiger charge is 2.40. The van der Waals surface area contributed by atoms with Crippen LogP contribution in [0, 0.1) is 5.92 Å². The molecule has 1 aromatic heterocycles. The highest BCUT2D eigenvalue weighted by molar-refractivity contribution is 9.11. The fraction of sp³-hybridized carbons (Fsp3) is 0.538. The first kappa shape index (κ1) is 15.3. The summed E-state index contributed by atoms with van der Waals surface area (Å²) in [5, 5.41) is 16.9. The lowest BCUT2D eigenvalue weighted by Crippen LogP contribution is -2.59. The van der Waals surface area contributed by atoms with Crippen LogP contribution in [0.2, 0.25) is 0 Å². The Hall–Kier alpha value is -1.08. The van der Waals surface area contributed by atoms with E-state index in [9.17, 15) is 4.79 Å². The molecule has 0 saturated heterocycles. The number of nitrogens with zero attached hydrogens (tertiary/aromatic N) is 1. The summed E-state index contributed by atoms with van der Waals surface area (Å²) in [6.45, 7) is 2.17. The van der Waals surface area contributed by atoms with Crippen molar-refractivity contribution in [1.82, 2.24) is 5.32 Å². The van der Waals surface area contributed by atoms with Gasteiger partial charge in [-0.2, -0.15) is 0 Å². The predicted molar refractivity (Wildman–Crippen MR) is 83.3 cm³/mol. The maximum absolute atomic E-state index is 12.3. The molecule has 0 spiro atoms. The molecule has 0 radical (unpaired) electrons. The number of nitrogens with two attached hydrogens (primary N) is 1. The molecule has 1 saturated carbocycles. The molecule has 1 heterocycles. The minimum absolute atomic E-state index is 0.0899. The highest BCUT2D eigenvalue weighted by Crippen LogP contribution is 2.32. The van der Waals surface area contributed by atoms with E-state index in [0.29, 0.717) is 24.3 Å². The van der Waals surface area contributed by atoms with E-state index in [2.05, 4.69) is 33.3 Å². The van der Waals surface area contributed by atoms with Crippen molar-refractivity contribution in [3.8, 4) is 0 Å². The first-order valence-corrected chi connectivity index (χ1v) is 8.18. The van der Waals surface area contributed by atoms with Crippen LogP contribution in [0.15, 0.2) is 20.4 Å². The van der Waals surface area contributed by atoms with Gasteiger partial charge < -0.3 is 16.3 Å². The minimum Gasteiger partial charge on any atom is -0.409 e. The number of oxime groups is 1. The maximum atomic E-state index is 12.3. The molecular formula is C13H18BrN3O2S. The second kappa shape index (κ2) is 6.13. The van der Waals surface area contributed by atoms with Crippen LogP contribution in [-0.2, 0) is 0 Å². The lowest BCUT2D eigenvalue weighted by Gasteiger charge is -2.38. The van der Waals surface area contributed by atoms with Crippen molar-refractivity contribution in [2.24, 2.45) is 16.8 Å². The van der Waals surface area contributed by atoms with Gasteiger partial charge in [0.25, 0.3) is 5.91 Å². The second-order valence-corrected chi connectivity index (χ2v) is 7.63. The Balaban J connectivity index is 2.18. The zero-order valence-corrected chi connectivity index (χ0v) is 13.6. The number of amidine groups is 1. The van der Waals surface area contributed by atoms with E-state index in [1.165, 1.54) is 11.3 Å². The Morgan fingerprint density at radius 1 is 1.60 bits per heavy atom. The Morgan fingerprint density at radius 2 is 2.25 bits per heavy atom. The Morgan fingerprint density at radius 3 is 2.75 bits per heavy atom. The molecule has 1 amide bonds. The molecule has 0 aromatic carbocycles. The zero-order chi connectivity index (χ0) is 14.8. The summed E-state index contributed by atoms with van der Waals surface area (Å²) >= 11 is 4.79. The Labute approximate surface area is 130 Å². The Kier molecular flexibility index (Phi) is 4.70. The third-order valence-electron chi connectivity index (χ3n) is 3.91. The number of amides is 1. The molecule has 110 valence electrons. The third-order valence-corrected chi connectivity index (χ3v) is 5.41. The molecule has 20 heavy (non-hydrogen) atoms. The van der Waals surface area contributed by atoms with E-state index in [-0.39, 0.29) is 11.7 Å². The summed E-state index contributed by atoms with van der Waals surface area (Å²) in [6.07, 6.45) is 3.29. The van der Waals surface area contributed by atoms with Crippen molar-refractivity contribution in [3.63, 3.8) is 0 Å². The van der Waals surface area contributed by atoms with E-state index in [0.717, 1.165) is 16.6 Å². The molecular weight excluding hydrogens is 342 g/mol. The fourth-order valence-corrected chi connectivity index (χ4v) is 3.65. The first-order valence-electron chi connectivity index (χ1n) is 6.51. The molecule has 0 unspecified atom stereocenters. The van der Waals surface area contributed by atoms with Gasteiger partial charge in [-0.25, -0.2) is 0 Å². The third kappa shape index (κ3) is 3.15. The van der Waals surface area contributed by atoms with Crippen molar-refractivity contribution in [1.29, 1.82) is 0 Å².